The number of rotatable bonds is 5. The Labute approximate surface area is 200 Å². The monoisotopic (exact) mass is 490 g/mol. The molecule has 35 heavy (non-hydrogen) atoms. The third-order valence-electron chi connectivity index (χ3n) is 7.00. The molecule has 0 unspecified atom stereocenters. The largest absolute Gasteiger partial charge is 0.481 e. The number of likely N-dealkylation sites (tertiary alicyclic amines) is 1. The van der Waals surface area contributed by atoms with E-state index in [1.165, 1.54) is 26.4 Å². The van der Waals surface area contributed by atoms with Crippen LogP contribution in [0.4, 0.5) is 18.9 Å². The minimum Gasteiger partial charge on any atom is -0.481 e. The Morgan fingerprint density at radius 1 is 1.26 bits per heavy atom. The van der Waals surface area contributed by atoms with Crippen LogP contribution in [0, 0.1) is 22.7 Å². The number of hydrogen-bond donors (Lipinski definition) is 1. The van der Waals surface area contributed by atoms with Crippen LogP contribution in [0.5, 0.6) is 11.8 Å². The number of alkyl halides is 3. The Bertz CT molecular complexity index is 1170. The lowest BCUT2D eigenvalue weighted by Gasteiger charge is -2.43. The van der Waals surface area contributed by atoms with E-state index in [2.05, 4.69) is 4.98 Å². The second kappa shape index (κ2) is 9.26. The topological polar surface area (TPSA) is 98.9 Å². The van der Waals surface area contributed by atoms with Crippen molar-refractivity contribution in [3.05, 3.63) is 47.0 Å². The van der Waals surface area contributed by atoms with E-state index in [1.807, 2.05) is 4.90 Å². The summed E-state index contributed by atoms with van der Waals surface area (Å²) >= 11 is 0. The molecule has 1 aromatic carbocycles. The highest BCUT2D eigenvalue weighted by Gasteiger charge is 2.51. The number of nitriles is 1. The Morgan fingerprint density at radius 2 is 2.03 bits per heavy atom. The number of nitrogens with zero attached hydrogens (tertiary/aromatic N) is 4. The fourth-order valence-corrected chi connectivity index (χ4v) is 5.02. The zero-order valence-corrected chi connectivity index (χ0v) is 19.3. The number of halogens is 3. The molecule has 1 amide bonds. The minimum absolute atomic E-state index is 0.126. The fraction of sp³-hybridized carbons (Fsp3) is 0.458. The van der Waals surface area contributed by atoms with E-state index in [9.17, 15) is 23.1 Å². The maximum absolute atomic E-state index is 13.5. The van der Waals surface area contributed by atoms with E-state index < -0.39 is 22.7 Å². The third kappa shape index (κ3) is 4.46. The van der Waals surface area contributed by atoms with E-state index in [1.54, 1.807) is 23.1 Å². The average molecular weight is 490 g/mol. The van der Waals surface area contributed by atoms with Crippen LogP contribution in [0.3, 0.4) is 0 Å². The predicted molar refractivity (Wildman–Crippen MR) is 119 cm³/mol. The summed E-state index contributed by atoms with van der Waals surface area (Å²) in [5.74, 6) is -0.0337. The van der Waals surface area contributed by atoms with Gasteiger partial charge in [-0.25, -0.2) is 0 Å². The van der Waals surface area contributed by atoms with Crippen molar-refractivity contribution in [2.45, 2.75) is 12.6 Å². The summed E-state index contributed by atoms with van der Waals surface area (Å²) in [6.45, 7) is 1.28. The van der Waals surface area contributed by atoms with Crippen molar-refractivity contribution in [2.24, 2.45) is 11.3 Å². The molecule has 0 radical (unpaired) electrons. The van der Waals surface area contributed by atoms with Crippen LogP contribution < -0.4 is 14.4 Å². The van der Waals surface area contributed by atoms with Gasteiger partial charge in [0.25, 0.3) is 5.91 Å². The number of amides is 1. The number of carbonyl (C=O) groups is 1. The first-order chi connectivity index (χ1) is 16.7. The Balaban J connectivity index is 1.57. The highest BCUT2D eigenvalue weighted by atomic mass is 19.4. The molecule has 8 nitrogen and oxygen atoms in total. The quantitative estimate of drug-likeness (QED) is 0.688. The molecule has 2 aliphatic heterocycles. The normalized spacial score (nSPS) is 21.9. The zero-order chi connectivity index (χ0) is 25.4. The van der Waals surface area contributed by atoms with E-state index in [-0.39, 0.29) is 29.9 Å². The number of aromatic nitrogens is 1. The molecule has 2 fully saturated rings. The van der Waals surface area contributed by atoms with E-state index in [0.29, 0.717) is 44.2 Å². The molecule has 2 atom stereocenters. The summed E-state index contributed by atoms with van der Waals surface area (Å²) < 4.78 is 50.7. The van der Waals surface area contributed by atoms with Crippen molar-refractivity contribution in [1.29, 1.82) is 5.26 Å². The maximum Gasteiger partial charge on any atom is 0.417 e. The second-order valence-electron chi connectivity index (χ2n) is 8.85. The molecule has 2 aromatic rings. The number of pyridine rings is 1. The van der Waals surface area contributed by atoms with Crippen molar-refractivity contribution in [3.8, 4) is 17.8 Å². The molecule has 11 heteroatoms. The average Bonchev–Trinajstić information content (AvgIpc) is 3.26. The van der Waals surface area contributed by atoms with Gasteiger partial charge in [-0.05, 0) is 30.7 Å². The molecule has 0 aliphatic carbocycles. The van der Waals surface area contributed by atoms with Gasteiger partial charge in [-0.3, -0.25) is 4.79 Å². The standard InChI is InChI=1S/C24H25F3N4O4/c1-34-20-6-5-18(21(29-20)35-2)22(33)31-12-16-11-30(8-7-23(16,13-31)14-32)17-4-3-15(10-28)19(9-17)24(25,26)27/h3-6,9,16,32H,7-8,11-14H2,1-2H3/t16-,23+/m1/s1. The Morgan fingerprint density at radius 3 is 2.66 bits per heavy atom. The Hall–Kier alpha value is -3.52. The number of carbonyl (C=O) groups excluding carboxylic acids is 1. The van der Waals surface area contributed by atoms with Crippen molar-refractivity contribution < 1.29 is 32.5 Å². The fourth-order valence-electron chi connectivity index (χ4n) is 5.02. The van der Waals surface area contributed by atoms with Crippen LogP contribution in [-0.4, -0.2) is 67.9 Å². The molecule has 0 bridgehead atoms. The van der Waals surface area contributed by atoms with Crippen molar-refractivity contribution in [1.82, 2.24) is 9.88 Å². The van der Waals surface area contributed by atoms with Gasteiger partial charge in [0.15, 0.2) is 0 Å². The summed E-state index contributed by atoms with van der Waals surface area (Å²) in [6, 6.07) is 8.41. The number of piperidine rings is 1. The van der Waals surface area contributed by atoms with Crippen LogP contribution in [0.15, 0.2) is 30.3 Å². The highest BCUT2D eigenvalue weighted by molar-refractivity contribution is 5.96. The second-order valence-corrected chi connectivity index (χ2v) is 8.85. The van der Waals surface area contributed by atoms with E-state index in [4.69, 9.17) is 14.7 Å². The minimum atomic E-state index is -4.65. The SMILES string of the molecule is COc1ccc(C(=O)N2C[C@H]3CN(c4ccc(C#N)c(C(F)(F)F)c4)CC[C@@]3(CO)C2)c(OC)n1. The van der Waals surface area contributed by atoms with Crippen LogP contribution in [0.2, 0.25) is 0 Å². The molecule has 186 valence electrons. The molecule has 0 spiro atoms. The molecule has 4 rings (SSSR count). The third-order valence-corrected chi connectivity index (χ3v) is 7.00. The first-order valence-corrected chi connectivity index (χ1v) is 11.0. The Kier molecular flexibility index (Phi) is 6.51. The number of benzene rings is 1. The summed E-state index contributed by atoms with van der Waals surface area (Å²) in [7, 11) is 2.86. The van der Waals surface area contributed by atoms with Crippen LogP contribution in [0.25, 0.3) is 0 Å². The van der Waals surface area contributed by atoms with Crippen molar-refractivity contribution in [3.63, 3.8) is 0 Å². The number of aliphatic hydroxyl groups excluding tert-OH is 1. The van der Waals surface area contributed by atoms with Gasteiger partial charge < -0.3 is 24.4 Å². The highest BCUT2D eigenvalue weighted by Crippen LogP contribution is 2.45. The molecule has 1 N–H and O–H groups in total. The molecular formula is C24H25F3N4O4. The van der Waals surface area contributed by atoms with Gasteiger partial charge in [-0.2, -0.15) is 23.4 Å². The van der Waals surface area contributed by atoms with Crippen LogP contribution in [0.1, 0.15) is 27.9 Å². The number of methoxy groups -OCH3 is 2. The lowest BCUT2D eigenvalue weighted by molar-refractivity contribution is -0.137. The first-order valence-electron chi connectivity index (χ1n) is 11.0. The molecule has 3 heterocycles. The lowest BCUT2D eigenvalue weighted by atomic mass is 9.73. The van der Waals surface area contributed by atoms with Gasteiger partial charge in [0.05, 0.1) is 38.0 Å². The summed E-state index contributed by atoms with van der Waals surface area (Å²) in [5, 5.41) is 19.3. The van der Waals surface area contributed by atoms with Gasteiger partial charge in [0, 0.05) is 49.3 Å². The summed E-state index contributed by atoms with van der Waals surface area (Å²) in [5.41, 5.74) is -1.34. The first kappa shape index (κ1) is 24.6. The van der Waals surface area contributed by atoms with Gasteiger partial charge in [0.2, 0.25) is 11.8 Å². The van der Waals surface area contributed by atoms with E-state index in [0.717, 1.165) is 6.07 Å². The van der Waals surface area contributed by atoms with Crippen LogP contribution in [-0.2, 0) is 6.18 Å². The van der Waals surface area contributed by atoms with Gasteiger partial charge in [0.1, 0.15) is 5.56 Å². The van der Waals surface area contributed by atoms with Gasteiger partial charge in [-0.15, -0.1) is 0 Å². The van der Waals surface area contributed by atoms with E-state index >= 15 is 0 Å². The molecular weight excluding hydrogens is 465 g/mol. The van der Waals surface area contributed by atoms with Crippen molar-refractivity contribution in [2.75, 3.05) is 51.9 Å². The molecule has 0 saturated carbocycles. The van der Waals surface area contributed by atoms with Crippen LogP contribution >= 0.6 is 0 Å². The summed E-state index contributed by atoms with van der Waals surface area (Å²) in [6.07, 6.45) is -4.15. The smallest absolute Gasteiger partial charge is 0.417 e. The number of aliphatic hydroxyl groups is 1. The number of ether oxygens (including phenoxy) is 2. The maximum atomic E-state index is 13.5. The summed E-state index contributed by atoms with van der Waals surface area (Å²) in [4.78, 5) is 20.9. The zero-order valence-electron chi connectivity index (χ0n) is 19.3. The molecule has 2 aliphatic rings. The number of fused-ring (bicyclic) bond motifs is 1. The van der Waals surface area contributed by atoms with Crippen molar-refractivity contribution >= 4 is 11.6 Å². The number of hydrogen-bond acceptors (Lipinski definition) is 7. The lowest BCUT2D eigenvalue weighted by Crippen LogP contribution is -2.49. The molecule has 2 saturated heterocycles. The number of anilines is 1. The predicted octanol–water partition coefficient (Wildman–Crippen LogP) is 2.95. The molecule has 1 aromatic heterocycles. The van der Waals surface area contributed by atoms with Gasteiger partial charge in [-0.1, -0.05) is 0 Å². The van der Waals surface area contributed by atoms with Gasteiger partial charge >= 0.3 is 6.18 Å².